The molecule has 2 heterocycles. The van der Waals surface area contributed by atoms with Gasteiger partial charge in [-0.1, -0.05) is 58.4 Å². The lowest BCUT2D eigenvalue weighted by Gasteiger charge is -2.40. The van der Waals surface area contributed by atoms with Crippen LogP contribution in [0, 0.1) is 5.92 Å². The third-order valence-electron chi connectivity index (χ3n) is 6.83. The van der Waals surface area contributed by atoms with Gasteiger partial charge in [-0.15, -0.1) is 0 Å². The van der Waals surface area contributed by atoms with Gasteiger partial charge in [-0.25, -0.2) is 4.98 Å². The molecule has 1 aromatic heterocycles. The van der Waals surface area contributed by atoms with Crippen molar-refractivity contribution >= 4 is 21.9 Å². The molecule has 1 saturated carbocycles. The van der Waals surface area contributed by atoms with E-state index in [1.165, 1.54) is 13.3 Å². The van der Waals surface area contributed by atoms with Crippen LogP contribution in [0.1, 0.15) is 29.0 Å². The summed E-state index contributed by atoms with van der Waals surface area (Å²) in [6.45, 7) is 0. The van der Waals surface area contributed by atoms with Gasteiger partial charge < -0.3 is 24.8 Å². The Morgan fingerprint density at radius 2 is 1.85 bits per heavy atom. The molecule has 1 fully saturated rings. The number of fused-ring (bicyclic) bond motifs is 3. The van der Waals surface area contributed by atoms with E-state index in [2.05, 4.69) is 20.9 Å². The number of carboxylic acids is 1. The summed E-state index contributed by atoms with van der Waals surface area (Å²) in [5.74, 6) is -2.16. The number of aromatic nitrogens is 1. The highest BCUT2D eigenvalue weighted by atomic mass is 79.9. The van der Waals surface area contributed by atoms with Crippen LogP contribution in [0.2, 0.25) is 0 Å². The number of aliphatic hydroxyl groups is 2. The zero-order chi connectivity index (χ0) is 23.4. The van der Waals surface area contributed by atoms with Gasteiger partial charge in [-0.2, -0.15) is 0 Å². The smallest absolute Gasteiger partial charge is 0.303 e. The van der Waals surface area contributed by atoms with Gasteiger partial charge in [0.1, 0.15) is 5.75 Å². The Kier molecular flexibility index (Phi) is 5.19. The molecule has 3 aromatic rings. The number of carbonyl (C=O) groups is 1. The lowest BCUT2D eigenvalue weighted by atomic mass is 9.70. The summed E-state index contributed by atoms with van der Waals surface area (Å²) >= 11 is 3.44. The summed E-state index contributed by atoms with van der Waals surface area (Å²) in [5.41, 5.74) is -1.96. The SMILES string of the molecule is COc1nccc2c1[C@]1(O)[C@H](O)[C@H](CC(=O)O)[C@@H](c3ccccc3)[C@]1(c1ccc(Br)cc1)O2. The number of halogens is 1. The Balaban J connectivity index is 1.86. The van der Waals surface area contributed by atoms with Crippen molar-refractivity contribution in [1.82, 2.24) is 4.98 Å². The second-order valence-electron chi connectivity index (χ2n) is 8.40. The number of carboxylic acid groups (broad SMARTS) is 1. The Labute approximate surface area is 198 Å². The number of pyridine rings is 1. The third-order valence-corrected chi connectivity index (χ3v) is 7.36. The summed E-state index contributed by atoms with van der Waals surface area (Å²) in [5, 5.41) is 33.8. The summed E-state index contributed by atoms with van der Waals surface area (Å²) in [4.78, 5) is 16.1. The summed E-state index contributed by atoms with van der Waals surface area (Å²) in [6, 6.07) is 18.2. The molecule has 8 heteroatoms. The van der Waals surface area contributed by atoms with E-state index in [1.54, 1.807) is 6.07 Å². The van der Waals surface area contributed by atoms with Crippen molar-refractivity contribution in [2.75, 3.05) is 7.11 Å². The van der Waals surface area contributed by atoms with Crippen LogP contribution in [0.5, 0.6) is 11.6 Å². The maximum Gasteiger partial charge on any atom is 0.303 e. The summed E-state index contributed by atoms with van der Waals surface area (Å²) in [6.07, 6.45) is -0.319. The molecule has 0 amide bonds. The van der Waals surface area contributed by atoms with Gasteiger partial charge in [0.15, 0.2) is 11.2 Å². The van der Waals surface area contributed by atoms with Crippen molar-refractivity contribution in [3.8, 4) is 11.6 Å². The first-order chi connectivity index (χ1) is 15.8. The molecule has 170 valence electrons. The topological polar surface area (TPSA) is 109 Å². The lowest BCUT2D eigenvalue weighted by molar-refractivity contribution is -0.154. The number of rotatable bonds is 5. The van der Waals surface area contributed by atoms with E-state index in [1.807, 2.05) is 54.6 Å². The minimum atomic E-state index is -2.02. The van der Waals surface area contributed by atoms with Crippen LogP contribution in [-0.2, 0) is 16.0 Å². The highest BCUT2D eigenvalue weighted by Gasteiger charge is 2.77. The van der Waals surface area contributed by atoms with Crippen LogP contribution in [-0.4, -0.2) is 39.5 Å². The molecular formula is C25H22BrNO6. The highest BCUT2D eigenvalue weighted by Crippen LogP contribution is 2.70. The molecule has 7 nitrogen and oxygen atoms in total. The average molecular weight is 512 g/mol. The van der Waals surface area contributed by atoms with E-state index in [0.717, 1.165) is 10.0 Å². The fraction of sp³-hybridized carbons (Fsp3) is 0.280. The van der Waals surface area contributed by atoms with E-state index in [9.17, 15) is 20.1 Å². The van der Waals surface area contributed by atoms with Gasteiger partial charge >= 0.3 is 5.97 Å². The van der Waals surface area contributed by atoms with Crippen molar-refractivity contribution in [2.45, 2.75) is 29.6 Å². The van der Waals surface area contributed by atoms with Crippen LogP contribution in [0.15, 0.2) is 71.3 Å². The minimum Gasteiger partial charge on any atom is -0.481 e. The van der Waals surface area contributed by atoms with Crippen molar-refractivity contribution in [3.05, 3.63) is 88.0 Å². The number of hydrogen-bond donors (Lipinski definition) is 3. The number of hydrogen-bond acceptors (Lipinski definition) is 6. The Hall–Kier alpha value is -2.94. The number of ether oxygens (including phenoxy) is 2. The molecule has 1 aliphatic heterocycles. The van der Waals surface area contributed by atoms with Crippen LogP contribution in [0.4, 0.5) is 0 Å². The van der Waals surface area contributed by atoms with Crippen LogP contribution in [0.25, 0.3) is 0 Å². The van der Waals surface area contributed by atoms with Gasteiger partial charge in [0.05, 0.1) is 25.2 Å². The molecule has 5 atom stereocenters. The molecule has 0 saturated heterocycles. The molecule has 2 aromatic carbocycles. The van der Waals surface area contributed by atoms with E-state index in [0.29, 0.717) is 11.3 Å². The second-order valence-corrected chi connectivity index (χ2v) is 9.31. The van der Waals surface area contributed by atoms with Crippen LogP contribution < -0.4 is 9.47 Å². The largest absolute Gasteiger partial charge is 0.481 e. The van der Waals surface area contributed by atoms with Crippen LogP contribution in [0.3, 0.4) is 0 Å². The summed E-state index contributed by atoms with van der Waals surface area (Å²) < 4.78 is 12.9. The second kappa shape index (κ2) is 7.83. The fourth-order valence-electron chi connectivity index (χ4n) is 5.64. The van der Waals surface area contributed by atoms with Gasteiger partial charge in [-0.3, -0.25) is 4.79 Å². The van der Waals surface area contributed by atoms with Crippen molar-refractivity contribution < 1.29 is 29.6 Å². The van der Waals surface area contributed by atoms with Gasteiger partial charge in [0.25, 0.3) is 0 Å². The van der Waals surface area contributed by atoms with E-state index < -0.39 is 35.1 Å². The third kappa shape index (κ3) is 2.94. The normalized spacial score (nSPS) is 29.8. The summed E-state index contributed by atoms with van der Waals surface area (Å²) in [7, 11) is 1.43. The average Bonchev–Trinajstić information content (AvgIpc) is 3.18. The maximum atomic E-state index is 12.5. The number of aliphatic carboxylic acids is 1. The molecule has 0 spiro atoms. The molecule has 0 radical (unpaired) electrons. The first-order valence-corrected chi connectivity index (χ1v) is 11.3. The van der Waals surface area contributed by atoms with E-state index in [4.69, 9.17) is 9.47 Å². The maximum absolute atomic E-state index is 12.5. The molecule has 3 N–H and O–H groups in total. The van der Waals surface area contributed by atoms with E-state index in [-0.39, 0.29) is 17.9 Å². The molecule has 5 rings (SSSR count). The van der Waals surface area contributed by atoms with Crippen molar-refractivity contribution in [2.24, 2.45) is 5.92 Å². The number of aliphatic hydroxyl groups excluding tert-OH is 1. The van der Waals surface area contributed by atoms with Crippen LogP contribution >= 0.6 is 15.9 Å². The molecular weight excluding hydrogens is 490 g/mol. The Morgan fingerprint density at radius 1 is 1.15 bits per heavy atom. The van der Waals surface area contributed by atoms with Gasteiger partial charge in [0.2, 0.25) is 5.88 Å². The van der Waals surface area contributed by atoms with Crippen molar-refractivity contribution in [3.63, 3.8) is 0 Å². The molecule has 33 heavy (non-hydrogen) atoms. The van der Waals surface area contributed by atoms with E-state index >= 15 is 0 Å². The first kappa shape index (κ1) is 21.9. The molecule has 2 aliphatic rings. The Morgan fingerprint density at radius 3 is 2.48 bits per heavy atom. The Bertz CT molecular complexity index is 1200. The zero-order valence-electron chi connectivity index (χ0n) is 17.7. The first-order valence-electron chi connectivity index (χ1n) is 10.5. The number of nitrogens with zero attached hydrogens (tertiary/aromatic N) is 1. The fourth-order valence-corrected chi connectivity index (χ4v) is 5.91. The highest BCUT2D eigenvalue weighted by molar-refractivity contribution is 9.10. The standard InChI is InChI=1S/C25H22BrNO6/c1-32-23-21-18(11-12-27-23)33-25(15-7-9-16(26)10-8-15)20(14-5-3-2-4-6-14)17(13-19(28)29)22(30)24(21,25)31/h2-12,17,20,22,30-31H,13H2,1H3,(H,28,29)/t17-,20-,22-,24+,25+/m1/s1. The quantitative estimate of drug-likeness (QED) is 0.480. The molecule has 0 unspecified atom stereocenters. The number of methoxy groups -OCH3 is 1. The zero-order valence-corrected chi connectivity index (χ0v) is 19.3. The monoisotopic (exact) mass is 511 g/mol. The van der Waals surface area contributed by atoms with Gasteiger partial charge in [0, 0.05) is 22.5 Å². The predicted octanol–water partition coefficient (Wildman–Crippen LogP) is 3.58. The molecule has 1 aliphatic carbocycles. The lowest BCUT2D eigenvalue weighted by Crippen LogP contribution is -2.52. The van der Waals surface area contributed by atoms with Gasteiger partial charge in [-0.05, 0) is 29.3 Å². The number of benzene rings is 2. The van der Waals surface area contributed by atoms with Crippen molar-refractivity contribution in [1.29, 1.82) is 0 Å². The molecule has 0 bridgehead atoms. The minimum absolute atomic E-state index is 0.121. The predicted molar refractivity (Wildman–Crippen MR) is 122 cm³/mol.